The molecule has 6 heteroatoms. The second kappa shape index (κ2) is 8.56. The van der Waals surface area contributed by atoms with E-state index in [2.05, 4.69) is 10.6 Å². The van der Waals surface area contributed by atoms with Crippen molar-refractivity contribution in [1.82, 2.24) is 10.6 Å². The zero-order valence-corrected chi connectivity index (χ0v) is 13.8. The minimum atomic E-state index is -0.313. The third-order valence-electron chi connectivity index (χ3n) is 3.14. The predicted octanol–water partition coefficient (Wildman–Crippen LogP) is 3.08. The van der Waals surface area contributed by atoms with Crippen LogP contribution in [0.1, 0.15) is 15.9 Å². The minimum Gasteiger partial charge on any atom is -0.354 e. The van der Waals surface area contributed by atoms with Crippen molar-refractivity contribution in [2.45, 2.75) is 6.42 Å². The van der Waals surface area contributed by atoms with E-state index in [0.717, 1.165) is 5.56 Å². The van der Waals surface area contributed by atoms with Gasteiger partial charge < -0.3 is 10.6 Å². The monoisotopic (exact) mass is 350 g/mol. The Balaban J connectivity index is 1.70. The number of amides is 2. The van der Waals surface area contributed by atoms with Crippen LogP contribution < -0.4 is 10.6 Å². The molecule has 2 rings (SSSR count). The predicted molar refractivity (Wildman–Crippen MR) is 92.0 cm³/mol. The molecular formula is C17H16Cl2N2O2. The fourth-order valence-corrected chi connectivity index (χ4v) is 2.30. The van der Waals surface area contributed by atoms with Gasteiger partial charge >= 0.3 is 0 Å². The van der Waals surface area contributed by atoms with Crippen molar-refractivity contribution >= 4 is 35.0 Å². The number of hydrogen-bond acceptors (Lipinski definition) is 2. The Bertz CT molecular complexity index is 687. The average molecular weight is 351 g/mol. The SMILES string of the molecule is O=C(CNC(=O)c1ccc(Cl)cc1)NCCc1cccc(Cl)c1. The molecule has 0 saturated carbocycles. The number of carbonyl (C=O) groups is 2. The zero-order chi connectivity index (χ0) is 16.7. The molecule has 4 nitrogen and oxygen atoms in total. The van der Waals surface area contributed by atoms with Crippen molar-refractivity contribution < 1.29 is 9.59 Å². The summed E-state index contributed by atoms with van der Waals surface area (Å²) in [6, 6.07) is 13.9. The van der Waals surface area contributed by atoms with Gasteiger partial charge in [-0.1, -0.05) is 35.3 Å². The van der Waals surface area contributed by atoms with Gasteiger partial charge in [0.15, 0.2) is 0 Å². The molecule has 23 heavy (non-hydrogen) atoms. The Hall–Kier alpha value is -2.04. The van der Waals surface area contributed by atoms with Crippen LogP contribution in [-0.2, 0) is 11.2 Å². The summed E-state index contributed by atoms with van der Waals surface area (Å²) >= 11 is 11.7. The summed E-state index contributed by atoms with van der Waals surface area (Å²) < 4.78 is 0. The van der Waals surface area contributed by atoms with Crippen molar-refractivity contribution in [1.29, 1.82) is 0 Å². The van der Waals surface area contributed by atoms with E-state index in [1.54, 1.807) is 30.3 Å². The van der Waals surface area contributed by atoms with Crippen molar-refractivity contribution in [3.63, 3.8) is 0 Å². The van der Waals surface area contributed by atoms with Crippen LogP contribution in [0, 0.1) is 0 Å². The first-order chi connectivity index (χ1) is 11.0. The van der Waals surface area contributed by atoms with Crippen LogP contribution in [-0.4, -0.2) is 24.9 Å². The normalized spacial score (nSPS) is 10.2. The van der Waals surface area contributed by atoms with Gasteiger partial charge in [-0.3, -0.25) is 9.59 Å². The highest BCUT2D eigenvalue weighted by atomic mass is 35.5. The van der Waals surface area contributed by atoms with Crippen LogP contribution in [0.2, 0.25) is 10.0 Å². The van der Waals surface area contributed by atoms with Gasteiger partial charge in [-0.25, -0.2) is 0 Å². The third kappa shape index (κ3) is 5.93. The van der Waals surface area contributed by atoms with Crippen LogP contribution in [0.5, 0.6) is 0 Å². The van der Waals surface area contributed by atoms with Crippen LogP contribution in [0.4, 0.5) is 0 Å². The second-order valence-corrected chi connectivity index (χ2v) is 5.79. The average Bonchev–Trinajstić information content (AvgIpc) is 2.53. The van der Waals surface area contributed by atoms with Crippen molar-refractivity contribution in [3.05, 3.63) is 69.7 Å². The lowest BCUT2D eigenvalue weighted by Gasteiger charge is -2.07. The highest BCUT2D eigenvalue weighted by Gasteiger charge is 2.07. The number of benzene rings is 2. The van der Waals surface area contributed by atoms with E-state index in [0.29, 0.717) is 28.6 Å². The molecule has 0 aliphatic heterocycles. The van der Waals surface area contributed by atoms with Gasteiger partial charge in [-0.15, -0.1) is 0 Å². The summed E-state index contributed by atoms with van der Waals surface area (Å²) in [5.74, 6) is -0.555. The number of nitrogens with one attached hydrogen (secondary N) is 2. The fourth-order valence-electron chi connectivity index (χ4n) is 1.97. The molecule has 2 aromatic carbocycles. The van der Waals surface area contributed by atoms with E-state index < -0.39 is 0 Å². The molecule has 0 atom stereocenters. The van der Waals surface area contributed by atoms with E-state index >= 15 is 0 Å². The number of hydrogen-bond donors (Lipinski definition) is 2. The molecule has 0 aliphatic rings. The third-order valence-corrected chi connectivity index (χ3v) is 3.63. The van der Waals surface area contributed by atoms with E-state index in [1.165, 1.54) is 0 Å². The Kier molecular flexibility index (Phi) is 6.44. The lowest BCUT2D eigenvalue weighted by molar-refractivity contribution is -0.120. The first kappa shape index (κ1) is 17.3. The summed E-state index contributed by atoms with van der Waals surface area (Å²) in [6.07, 6.45) is 0.678. The first-order valence-corrected chi connectivity index (χ1v) is 7.85. The van der Waals surface area contributed by atoms with Crippen molar-refractivity contribution in [3.8, 4) is 0 Å². The number of rotatable bonds is 6. The van der Waals surface area contributed by atoms with Gasteiger partial charge in [0.05, 0.1) is 6.54 Å². The lowest BCUT2D eigenvalue weighted by Crippen LogP contribution is -2.37. The second-order valence-electron chi connectivity index (χ2n) is 4.92. The molecule has 0 saturated heterocycles. The molecule has 0 aromatic heterocycles. The van der Waals surface area contributed by atoms with Gasteiger partial charge in [0.1, 0.15) is 0 Å². The van der Waals surface area contributed by atoms with E-state index in [4.69, 9.17) is 23.2 Å². The maximum absolute atomic E-state index is 11.8. The largest absolute Gasteiger partial charge is 0.354 e. The maximum Gasteiger partial charge on any atom is 0.251 e. The van der Waals surface area contributed by atoms with Gasteiger partial charge in [-0.05, 0) is 48.4 Å². The summed E-state index contributed by atoms with van der Waals surface area (Å²) in [4.78, 5) is 23.6. The molecule has 0 bridgehead atoms. The smallest absolute Gasteiger partial charge is 0.251 e. The Morgan fingerprint density at radius 1 is 0.913 bits per heavy atom. The van der Waals surface area contributed by atoms with Gasteiger partial charge in [-0.2, -0.15) is 0 Å². The summed E-state index contributed by atoms with van der Waals surface area (Å²) in [7, 11) is 0. The Morgan fingerprint density at radius 2 is 1.65 bits per heavy atom. The molecule has 0 heterocycles. The quantitative estimate of drug-likeness (QED) is 0.840. The highest BCUT2D eigenvalue weighted by molar-refractivity contribution is 6.30. The highest BCUT2D eigenvalue weighted by Crippen LogP contribution is 2.11. The summed E-state index contributed by atoms with van der Waals surface area (Å²) in [5, 5.41) is 6.54. The zero-order valence-electron chi connectivity index (χ0n) is 12.3. The van der Waals surface area contributed by atoms with Gasteiger partial charge in [0, 0.05) is 22.2 Å². The molecule has 0 fully saturated rings. The Labute approximate surface area is 144 Å². The minimum absolute atomic E-state index is 0.0724. The standard InChI is InChI=1S/C17H16Cl2N2O2/c18-14-6-4-13(5-7-14)17(23)21-11-16(22)20-9-8-12-2-1-3-15(19)10-12/h1-7,10H,8-9,11H2,(H,20,22)(H,21,23). The number of halogens is 2. The van der Waals surface area contributed by atoms with Crippen LogP contribution >= 0.6 is 23.2 Å². The summed E-state index contributed by atoms with van der Waals surface area (Å²) in [5.41, 5.74) is 1.50. The molecule has 2 aromatic rings. The molecule has 120 valence electrons. The lowest BCUT2D eigenvalue weighted by atomic mass is 10.1. The maximum atomic E-state index is 11.8. The molecule has 0 aliphatic carbocycles. The van der Waals surface area contributed by atoms with Gasteiger partial charge in [0.2, 0.25) is 5.91 Å². The van der Waals surface area contributed by atoms with E-state index in [1.807, 2.05) is 18.2 Å². The first-order valence-electron chi connectivity index (χ1n) is 7.09. The topological polar surface area (TPSA) is 58.2 Å². The van der Waals surface area contributed by atoms with E-state index in [-0.39, 0.29) is 18.4 Å². The molecule has 2 amide bonds. The van der Waals surface area contributed by atoms with Crippen LogP contribution in [0.25, 0.3) is 0 Å². The molecule has 2 N–H and O–H groups in total. The van der Waals surface area contributed by atoms with Crippen molar-refractivity contribution in [2.24, 2.45) is 0 Å². The molecular weight excluding hydrogens is 335 g/mol. The summed E-state index contributed by atoms with van der Waals surface area (Å²) in [6.45, 7) is 0.410. The molecule has 0 spiro atoms. The van der Waals surface area contributed by atoms with E-state index in [9.17, 15) is 9.59 Å². The van der Waals surface area contributed by atoms with Gasteiger partial charge in [0.25, 0.3) is 5.91 Å². The van der Waals surface area contributed by atoms with Crippen LogP contribution in [0.3, 0.4) is 0 Å². The Morgan fingerprint density at radius 3 is 2.35 bits per heavy atom. The van der Waals surface area contributed by atoms with Crippen molar-refractivity contribution in [2.75, 3.05) is 13.1 Å². The molecule has 0 radical (unpaired) electrons. The fraction of sp³-hybridized carbons (Fsp3) is 0.176. The van der Waals surface area contributed by atoms with Crippen LogP contribution in [0.15, 0.2) is 48.5 Å². The number of carbonyl (C=O) groups excluding carboxylic acids is 2. The molecule has 0 unspecified atom stereocenters.